The van der Waals surface area contributed by atoms with E-state index in [0.29, 0.717) is 23.5 Å². The van der Waals surface area contributed by atoms with Gasteiger partial charge in [0.1, 0.15) is 5.75 Å². The normalized spacial score (nSPS) is 12.0. The van der Waals surface area contributed by atoms with Gasteiger partial charge < -0.3 is 10.1 Å². The molecule has 0 aliphatic heterocycles. The summed E-state index contributed by atoms with van der Waals surface area (Å²) in [5.74, 6) is 0.101. The number of rotatable bonds is 9. The second-order valence-electron chi connectivity index (χ2n) is 6.59. The van der Waals surface area contributed by atoms with E-state index in [4.69, 9.17) is 9.88 Å². The summed E-state index contributed by atoms with van der Waals surface area (Å²) in [6, 6.07) is 10.2. The van der Waals surface area contributed by atoms with Crippen LogP contribution < -0.4 is 15.2 Å². The van der Waals surface area contributed by atoms with Crippen molar-refractivity contribution in [2.75, 3.05) is 20.2 Å². The number of carbonyl (C=O) groups excluding carboxylic acids is 1. The Morgan fingerprint density at radius 1 is 1.07 bits per heavy atom. The molecule has 2 aromatic carbocycles. The number of benzene rings is 2. The van der Waals surface area contributed by atoms with Gasteiger partial charge >= 0.3 is 0 Å². The number of carbonyl (C=O) groups is 1. The number of hydrogen-bond donors (Lipinski definition) is 2. The van der Waals surface area contributed by atoms with Gasteiger partial charge in [-0.3, -0.25) is 4.79 Å². The van der Waals surface area contributed by atoms with Crippen molar-refractivity contribution >= 4 is 26.0 Å². The summed E-state index contributed by atoms with van der Waals surface area (Å²) < 4.78 is 54.3. The highest BCUT2D eigenvalue weighted by atomic mass is 32.2. The van der Waals surface area contributed by atoms with Crippen molar-refractivity contribution in [3.63, 3.8) is 0 Å². The maximum atomic E-state index is 12.7. The molecule has 2 aromatic rings. The summed E-state index contributed by atoms with van der Waals surface area (Å²) in [6.07, 6.45) is 0. The third-order valence-corrected chi connectivity index (χ3v) is 6.99. The van der Waals surface area contributed by atoms with Crippen LogP contribution in [0.1, 0.15) is 18.1 Å². The molecule has 0 spiro atoms. The van der Waals surface area contributed by atoms with Gasteiger partial charge in [-0.1, -0.05) is 12.1 Å². The average molecular weight is 456 g/mol. The molecule has 0 saturated heterocycles. The summed E-state index contributed by atoms with van der Waals surface area (Å²) in [4.78, 5) is 12.2. The van der Waals surface area contributed by atoms with Crippen LogP contribution in [-0.2, 0) is 31.4 Å². The molecule has 0 radical (unpaired) electrons. The average Bonchev–Trinajstić information content (AvgIpc) is 2.67. The van der Waals surface area contributed by atoms with Gasteiger partial charge in [0, 0.05) is 13.6 Å². The lowest BCUT2D eigenvalue weighted by Gasteiger charge is -2.18. The number of hydrogen-bond acceptors (Lipinski definition) is 6. The summed E-state index contributed by atoms with van der Waals surface area (Å²) >= 11 is 0. The quantitative estimate of drug-likeness (QED) is 0.578. The van der Waals surface area contributed by atoms with E-state index in [9.17, 15) is 21.6 Å². The molecule has 0 fully saturated rings. The Labute approximate surface area is 176 Å². The van der Waals surface area contributed by atoms with Gasteiger partial charge in [0.2, 0.25) is 26.0 Å². The van der Waals surface area contributed by atoms with Crippen LogP contribution in [0.4, 0.5) is 0 Å². The standard InChI is InChI=1S/C19H25N3O6S2/c1-4-28-18-10-9-17(11-14(18)2)30(26,27)22(3)13-19(23)21-12-15-5-7-16(8-6-15)29(20,24)25/h5-11H,4,12-13H2,1-3H3,(H,21,23)(H2,20,24,25). The van der Waals surface area contributed by atoms with Crippen LogP contribution in [0.3, 0.4) is 0 Å². The maximum absolute atomic E-state index is 12.7. The van der Waals surface area contributed by atoms with E-state index in [2.05, 4.69) is 5.32 Å². The molecule has 2 rings (SSSR count). The van der Waals surface area contributed by atoms with Crippen LogP contribution >= 0.6 is 0 Å². The molecule has 0 unspecified atom stereocenters. The number of nitrogens with one attached hydrogen (secondary N) is 1. The highest BCUT2D eigenvalue weighted by Crippen LogP contribution is 2.23. The van der Waals surface area contributed by atoms with Crippen LogP contribution in [0.5, 0.6) is 5.75 Å². The van der Waals surface area contributed by atoms with E-state index in [1.807, 2.05) is 6.92 Å². The Hall–Kier alpha value is -2.47. The number of aryl methyl sites for hydroxylation is 1. The number of likely N-dealkylation sites (N-methyl/N-ethyl adjacent to an activating group) is 1. The second-order valence-corrected chi connectivity index (χ2v) is 10.2. The first-order chi connectivity index (χ1) is 13.9. The van der Waals surface area contributed by atoms with Crippen molar-refractivity contribution in [3.8, 4) is 5.75 Å². The van der Waals surface area contributed by atoms with Gasteiger partial charge in [0.15, 0.2) is 0 Å². The molecule has 0 heterocycles. The number of ether oxygens (including phenoxy) is 1. The molecule has 3 N–H and O–H groups in total. The number of amides is 1. The molecule has 0 aliphatic carbocycles. The Morgan fingerprint density at radius 2 is 1.67 bits per heavy atom. The number of sulfonamides is 2. The van der Waals surface area contributed by atoms with Gasteiger partial charge in [-0.25, -0.2) is 22.0 Å². The van der Waals surface area contributed by atoms with Crippen LogP contribution in [0.25, 0.3) is 0 Å². The summed E-state index contributed by atoms with van der Waals surface area (Å²) in [5.41, 5.74) is 1.32. The van der Waals surface area contributed by atoms with E-state index >= 15 is 0 Å². The third kappa shape index (κ3) is 6.02. The van der Waals surface area contributed by atoms with Crippen LogP contribution in [0.2, 0.25) is 0 Å². The second kappa shape index (κ2) is 9.56. The topological polar surface area (TPSA) is 136 Å². The summed E-state index contributed by atoms with van der Waals surface area (Å²) in [6.45, 7) is 3.80. The molecule has 9 nitrogen and oxygen atoms in total. The number of primary sulfonamides is 1. The van der Waals surface area contributed by atoms with Crippen molar-refractivity contribution in [2.24, 2.45) is 5.14 Å². The molecule has 0 saturated carbocycles. The zero-order valence-electron chi connectivity index (χ0n) is 17.0. The van der Waals surface area contributed by atoms with Gasteiger partial charge in [-0.05, 0) is 55.3 Å². The summed E-state index contributed by atoms with van der Waals surface area (Å²) in [5, 5.41) is 7.64. The first kappa shape index (κ1) is 23.8. The SMILES string of the molecule is CCOc1ccc(S(=O)(=O)N(C)CC(=O)NCc2ccc(S(N)(=O)=O)cc2)cc1C. The predicted molar refractivity (Wildman–Crippen MR) is 112 cm³/mol. The van der Waals surface area contributed by atoms with Gasteiger partial charge in [-0.2, -0.15) is 4.31 Å². The van der Waals surface area contributed by atoms with E-state index in [-0.39, 0.29) is 22.9 Å². The van der Waals surface area contributed by atoms with Crippen LogP contribution in [-0.4, -0.2) is 47.2 Å². The minimum Gasteiger partial charge on any atom is -0.494 e. The van der Waals surface area contributed by atoms with Crippen molar-refractivity contribution in [2.45, 2.75) is 30.2 Å². The zero-order chi connectivity index (χ0) is 22.5. The fraction of sp³-hybridized carbons (Fsp3) is 0.316. The fourth-order valence-electron chi connectivity index (χ4n) is 2.62. The van der Waals surface area contributed by atoms with E-state index in [1.165, 1.54) is 43.4 Å². The molecule has 1 amide bonds. The van der Waals surface area contributed by atoms with Crippen LogP contribution in [0.15, 0.2) is 52.3 Å². The monoisotopic (exact) mass is 455 g/mol. The van der Waals surface area contributed by atoms with E-state index in [1.54, 1.807) is 13.0 Å². The van der Waals surface area contributed by atoms with Crippen molar-refractivity contribution in [1.82, 2.24) is 9.62 Å². The van der Waals surface area contributed by atoms with E-state index < -0.39 is 26.0 Å². The van der Waals surface area contributed by atoms with Crippen molar-refractivity contribution in [1.29, 1.82) is 0 Å². The molecule has 0 aliphatic rings. The zero-order valence-corrected chi connectivity index (χ0v) is 18.6. The number of nitrogens with zero attached hydrogens (tertiary/aromatic N) is 1. The Kier molecular flexibility index (Phi) is 7.59. The highest BCUT2D eigenvalue weighted by Gasteiger charge is 2.23. The molecule has 0 bridgehead atoms. The molecule has 164 valence electrons. The molecular formula is C19H25N3O6S2. The van der Waals surface area contributed by atoms with Gasteiger partial charge in [-0.15, -0.1) is 0 Å². The Bertz CT molecular complexity index is 1110. The predicted octanol–water partition coefficient (Wildman–Crippen LogP) is 0.978. The smallest absolute Gasteiger partial charge is 0.243 e. The maximum Gasteiger partial charge on any atom is 0.243 e. The molecule has 0 aromatic heterocycles. The lowest BCUT2D eigenvalue weighted by molar-refractivity contribution is -0.121. The van der Waals surface area contributed by atoms with Crippen molar-refractivity contribution in [3.05, 3.63) is 53.6 Å². The first-order valence-electron chi connectivity index (χ1n) is 9.03. The molecule has 11 heteroatoms. The lowest BCUT2D eigenvalue weighted by atomic mass is 10.2. The highest BCUT2D eigenvalue weighted by molar-refractivity contribution is 7.89. The largest absolute Gasteiger partial charge is 0.494 e. The molecule has 30 heavy (non-hydrogen) atoms. The third-order valence-electron chi connectivity index (χ3n) is 4.26. The minimum absolute atomic E-state index is 0.0333. The Morgan fingerprint density at radius 3 is 2.20 bits per heavy atom. The molecular weight excluding hydrogens is 430 g/mol. The van der Waals surface area contributed by atoms with Gasteiger partial charge in [0.05, 0.1) is 22.9 Å². The summed E-state index contributed by atoms with van der Waals surface area (Å²) in [7, 11) is -6.32. The lowest BCUT2D eigenvalue weighted by Crippen LogP contribution is -2.38. The van der Waals surface area contributed by atoms with Gasteiger partial charge in [0.25, 0.3) is 0 Å². The van der Waals surface area contributed by atoms with E-state index in [0.717, 1.165) is 4.31 Å². The van der Waals surface area contributed by atoms with Crippen LogP contribution in [0, 0.1) is 6.92 Å². The molecule has 0 atom stereocenters. The Balaban J connectivity index is 2.00. The van der Waals surface area contributed by atoms with Crippen molar-refractivity contribution < 1.29 is 26.4 Å². The minimum atomic E-state index is -3.86. The number of nitrogens with two attached hydrogens (primary N) is 1. The fourth-order valence-corrected chi connectivity index (χ4v) is 4.35. The first-order valence-corrected chi connectivity index (χ1v) is 12.0.